The lowest BCUT2D eigenvalue weighted by molar-refractivity contribution is 0.102. The number of nitrogens with one attached hydrogen (secondary N) is 1. The van der Waals surface area contributed by atoms with Crippen molar-refractivity contribution in [2.45, 2.75) is 28.8 Å². The molecule has 0 fully saturated rings. The molecular formula is C20H19N3O3S2. The molecule has 28 heavy (non-hydrogen) atoms. The van der Waals surface area contributed by atoms with Crippen molar-refractivity contribution in [3.63, 3.8) is 0 Å². The van der Waals surface area contributed by atoms with Crippen LogP contribution in [0.1, 0.15) is 21.7 Å². The van der Waals surface area contributed by atoms with Crippen LogP contribution in [0.15, 0.2) is 69.5 Å². The van der Waals surface area contributed by atoms with E-state index in [0.29, 0.717) is 16.4 Å². The minimum atomic E-state index is -3.28. The number of anilines is 1. The lowest BCUT2D eigenvalue weighted by atomic mass is 10.2. The molecule has 1 amide bonds. The van der Waals surface area contributed by atoms with Gasteiger partial charge in [0.1, 0.15) is 0 Å². The van der Waals surface area contributed by atoms with Crippen molar-refractivity contribution in [3.05, 3.63) is 71.5 Å². The highest BCUT2D eigenvalue weighted by Crippen LogP contribution is 2.26. The molecule has 2 aromatic carbocycles. The van der Waals surface area contributed by atoms with E-state index in [1.54, 1.807) is 12.1 Å². The molecule has 0 aliphatic rings. The third-order valence-corrected chi connectivity index (χ3v) is 5.83. The first kappa shape index (κ1) is 20.0. The van der Waals surface area contributed by atoms with Crippen LogP contribution in [0.5, 0.6) is 0 Å². The summed E-state index contributed by atoms with van der Waals surface area (Å²) in [5, 5.41) is 3.48. The van der Waals surface area contributed by atoms with Crippen molar-refractivity contribution in [2.24, 2.45) is 0 Å². The zero-order valence-electron chi connectivity index (χ0n) is 15.6. The fraction of sp³-hybridized carbons (Fsp3) is 0.150. The first-order chi connectivity index (χ1) is 13.2. The van der Waals surface area contributed by atoms with E-state index in [0.717, 1.165) is 22.5 Å². The molecule has 1 aromatic heterocycles. The number of nitrogens with zero attached hydrogens (tertiary/aromatic N) is 2. The number of aromatic nitrogens is 2. The fourth-order valence-electron chi connectivity index (χ4n) is 2.51. The first-order valence-electron chi connectivity index (χ1n) is 8.42. The van der Waals surface area contributed by atoms with Gasteiger partial charge < -0.3 is 5.32 Å². The van der Waals surface area contributed by atoms with Crippen molar-refractivity contribution >= 4 is 33.2 Å². The van der Waals surface area contributed by atoms with E-state index in [4.69, 9.17) is 0 Å². The molecule has 3 aromatic rings. The van der Waals surface area contributed by atoms with Gasteiger partial charge in [-0.3, -0.25) is 4.79 Å². The third kappa shape index (κ3) is 5.17. The molecule has 0 unspecified atom stereocenters. The normalized spacial score (nSPS) is 11.2. The molecule has 0 saturated heterocycles. The molecule has 0 bridgehead atoms. The summed E-state index contributed by atoms with van der Waals surface area (Å²) in [5.74, 6) is -0.307. The minimum absolute atomic E-state index is 0.180. The van der Waals surface area contributed by atoms with Gasteiger partial charge in [0.25, 0.3) is 5.91 Å². The Kier molecular flexibility index (Phi) is 5.81. The molecule has 8 heteroatoms. The van der Waals surface area contributed by atoms with Gasteiger partial charge in [0, 0.05) is 33.8 Å². The van der Waals surface area contributed by atoms with Gasteiger partial charge in [-0.25, -0.2) is 18.4 Å². The lowest BCUT2D eigenvalue weighted by Crippen LogP contribution is -2.12. The highest BCUT2D eigenvalue weighted by molar-refractivity contribution is 7.99. The maximum atomic E-state index is 12.3. The molecule has 144 valence electrons. The van der Waals surface area contributed by atoms with Crippen LogP contribution in [0.25, 0.3) is 0 Å². The Hall–Kier alpha value is -2.71. The second-order valence-electron chi connectivity index (χ2n) is 6.31. The highest BCUT2D eigenvalue weighted by Gasteiger charge is 2.10. The van der Waals surface area contributed by atoms with E-state index in [9.17, 15) is 13.2 Å². The predicted octanol–water partition coefficient (Wildman–Crippen LogP) is 3.90. The summed E-state index contributed by atoms with van der Waals surface area (Å²) in [6.07, 6.45) is 1.13. The van der Waals surface area contributed by atoms with Gasteiger partial charge in [0.2, 0.25) is 0 Å². The molecule has 0 atom stereocenters. The molecule has 3 rings (SSSR count). The standard InChI is InChI=1S/C20H19N3O3S2/c1-13-12-14(2)22-20(21-13)27-17-8-6-16(7-9-17)23-19(24)15-4-10-18(11-5-15)28(3,25)26/h4-12H,1-3H3,(H,23,24). The minimum Gasteiger partial charge on any atom is -0.322 e. The average Bonchev–Trinajstić information content (AvgIpc) is 2.62. The SMILES string of the molecule is Cc1cc(C)nc(Sc2ccc(NC(=O)c3ccc(S(C)(=O)=O)cc3)cc2)n1. The summed E-state index contributed by atoms with van der Waals surface area (Å²) in [6.45, 7) is 3.86. The second kappa shape index (κ2) is 8.12. The lowest BCUT2D eigenvalue weighted by Gasteiger charge is -2.07. The van der Waals surface area contributed by atoms with Gasteiger partial charge in [-0.05, 0) is 80.2 Å². The molecule has 0 saturated carbocycles. The van der Waals surface area contributed by atoms with Gasteiger partial charge >= 0.3 is 0 Å². The van der Waals surface area contributed by atoms with Crippen LogP contribution < -0.4 is 5.32 Å². The van der Waals surface area contributed by atoms with Gasteiger partial charge in [-0.1, -0.05) is 0 Å². The van der Waals surface area contributed by atoms with Crippen molar-refractivity contribution in [1.29, 1.82) is 0 Å². The zero-order chi connectivity index (χ0) is 20.3. The average molecular weight is 414 g/mol. The number of carbonyl (C=O) groups is 1. The van der Waals surface area contributed by atoms with Crippen LogP contribution in [0.4, 0.5) is 5.69 Å². The molecule has 1 heterocycles. The largest absolute Gasteiger partial charge is 0.322 e. The molecule has 6 nitrogen and oxygen atoms in total. The summed E-state index contributed by atoms with van der Waals surface area (Å²) in [7, 11) is -3.28. The van der Waals surface area contributed by atoms with Crippen LogP contribution >= 0.6 is 11.8 Å². The van der Waals surface area contributed by atoms with E-state index >= 15 is 0 Å². The van der Waals surface area contributed by atoms with E-state index in [2.05, 4.69) is 15.3 Å². The van der Waals surface area contributed by atoms with Crippen molar-refractivity contribution in [1.82, 2.24) is 9.97 Å². The fourth-order valence-corrected chi connectivity index (χ4v) is 4.00. The Balaban J connectivity index is 1.67. The summed E-state index contributed by atoms with van der Waals surface area (Å²) in [4.78, 5) is 22.3. The number of amides is 1. The number of hydrogen-bond donors (Lipinski definition) is 1. The molecular weight excluding hydrogens is 394 g/mol. The predicted molar refractivity (Wildman–Crippen MR) is 110 cm³/mol. The van der Waals surface area contributed by atoms with Gasteiger partial charge in [0.05, 0.1) is 4.90 Å². The Morgan fingerprint density at radius 2 is 1.50 bits per heavy atom. The smallest absolute Gasteiger partial charge is 0.255 e. The molecule has 0 aliphatic carbocycles. The maximum Gasteiger partial charge on any atom is 0.255 e. The van der Waals surface area contributed by atoms with Crippen molar-refractivity contribution in [3.8, 4) is 0 Å². The number of aryl methyl sites for hydroxylation is 2. The molecule has 0 aliphatic heterocycles. The zero-order valence-corrected chi connectivity index (χ0v) is 17.3. The van der Waals surface area contributed by atoms with Crippen LogP contribution in [0, 0.1) is 13.8 Å². The van der Waals surface area contributed by atoms with Crippen LogP contribution in [0.2, 0.25) is 0 Å². The number of hydrogen-bond acceptors (Lipinski definition) is 6. The number of benzene rings is 2. The van der Waals surface area contributed by atoms with E-state index in [-0.39, 0.29) is 10.8 Å². The van der Waals surface area contributed by atoms with E-state index in [1.165, 1.54) is 36.0 Å². The van der Waals surface area contributed by atoms with Gasteiger partial charge in [-0.2, -0.15) is 0 Å². The molecule has 1 N–H and O–H groups in total. The first-order valence-corrected chi connectivity index (χ1v) is 11.1. The topological polar surface area (TPSA) is 89.0 Å². The highest BCUT2D eigenvalue weighted by atomic mass is 32.2. The van der Waals surface area contributed by atoms with Crippen molar-refractivity contribution in [2.75, 3.05) is 11.6 Å². The summed E-state index contributed by atoms with van der Waals surface area (Å²) in [6, 6.07) is 15.1. The third-order valence-electron chi connectivity index (χ3n) is 3.83. The number of sulfone groups is 1. The number of rotatable bonds is 5. The summed E-state index contributed by atoms with van der Waals surface area (Å²) >= 11 is 1.45. The molecule has 0 spiro atoms. The maximum absolute atomic E-state index is 12.3. The molecule has 0 radical (unpaired) electrons. The van der Waals surface area contributed by atoms with Gasteiger partial charge in [0.15, 0.2) is 15.0 Å². The number of carbonyl (C=O) groups excluding carboxylic acids is 1. The summed E-state index contributed by atoms with van der Waals surface area (Å²) in [5.41, 5.74) is 2.86. The van der Waals surface area contributed by atoms with Crippen LogP contribution in [-0.4, -0.2) is 30.5 Å². The van der Waals surface area contributed by atoms with Crippen LogP contribution in [-0.2, 0) is 9.84 Å². The monoisotopic (exact) mass is 413 g/mol. The quantitative estimate of drug-likeness (QED) is 0.638. The van der Waals surface area contributed by atoms with E-state index in [1.807, 2.05) is 32.0 Å². The summed E-state index contributed by atoms with van der Waals surface area (Å²) < 4.78 is 23.0. The van der Waals surface area contributed by atoms with Gasteiger partial charge in [-0.15, -0.1) is 0 Å². The van der Waals surface area contributed by atoms with Crippen molar-refractivity contribution < 1.29 is 13.2 Å². The Labute approximate surface area is 168 Å². The van der Waals surface area contributed by atoms with Crippen LogP contribution in [0.3, 0.4) is 0 Å². The second-order valence-corrected chi connectivity index (χ2v) is 9.37. The Morgan fingerprint density at radius 1 is 0.929 bits per heavy atom. The Morgan fingerprint density at radius 3 is 2.04 bits per heavy atom. The Bertz CT molecular complexity index is 1090. The van der Waals surface area contributed by atoms with E-state index < -0.39 is 9.84 Å².